The van der Waals surface area contributed by atoms with Crippen molar-refractivity contribution in [2.24, 2.45) is 22.6 Å². The van der Waals surface area contributed by atoms with Crippen LogP contribution in [0.2, 0.25) is 0 Å². The zero-order valence-corrected chi connectivity index (χ0v) is 10.3. The molecule has 3 N–H and O–H groups in total. The topological polar surface area (TPSA) is 59.6 Å². The first-order chi connectivity index (χ1) is 7.66. The van der Waals surface area contributed by atoms with Crippen molar-refractivity contribution in [1.82, 2.24) is 5.32 Å². The van der Waals surface area contributed by atoms with Crippen LogP contribution < -0.4 is 11.1 Å². The lowest BCUT2D eigenvalue weighted by molar-refractivity contribution is 0.0842. The number of ether oxygens (including phenoxy) is 1. The zero-order chi connectivity index (χ0) is 11.5. The van der Waals surface area contributed by atoms with E-state index in [2.05, 4.69) is 24.2 Å². The molecule has 0 aromatic rings. The van der Waals surface area contributed by atoms with Crippen LogP contribution in [-0.4, -0.2) is 31.3 Å². The van der Waals surface area contributed by atoms with E-state index in [9.17, 15) is 0 Å². The minimum atomic E-state index is 0.368. The van der Waals surface area contributed by atoms with E-state index < -0.39 is 0 Å². The van der Waals surface area contributed by atoms with Gasteiger partial charge in [0, 0.05) is 13.2 Å². The fraction of sp³-hybridized carbons (Fsp3) is 0.917. The third-order valence-corrected chi connectivity index (χ3v) is 3.18. The van der Waals surface area contributed by atoms with Crippen molar-refractivity contribution in [2.75, 3.05) is 13.2 Å². The number of nitrogens with zero attached hydrogens (tertiary/aromatic N) is 1. The molecule has 2 fully saturated rings. The van der Waals surface area contributed by atoms with Gasteiger partial charge in [-0.2, -0.15) is 0 Å². The summed E-state index contributed by atoms with van der Waals surface area (Å²) in [5.41, 5.74) is 5.87. The third kappa shape index (κ3) is 3.11. The number of aliphatic imine (C=N–C) groups is 1. The van der Waals surface area contributed by atoms with Crippen LogP contribution in [-0.2, 0) is 4.74 Å². The monoisotopic (exact) mass is 225 g/mol. The highest BCUT2D eigenvalue weighted by Crippen LogP contribution is 2.38. The molecule has 2 aliphatic rings. The Morgan fingerprint density at radius 1 is 1.44 bits per heavy atom. The van der Waals surface area contributed by atoms with Gasteiger partial charge in [0.2, 0.25) is 0 Å². The first-order valence-corrected chi connectivity index (χ1v) is 6.35. The Balaban J connectivity index is 1.81. The minimum absolute atomic E-state index is 0.368. The maximum Gasteiger partial charge on any atom is 0.188 e. The molecule has 92 valence electrons. The number of nitrogens with one attached hydrogen (secondary N) is 1. The van der Waals surface area contributed by atoms with Gasteiger partial charge in [-0.05, 0) is 31.1 Å². The normalized spacial score (nSPS) is 31.1. The number of hydrogen-bond acceptors (Lipinski definition) is 2. The van der Waals surface area contributed by atoms with E-state index >= 15 is 0 Å². The van der Waals surface area contributed by atoms with Crippen molar-refractivity contribution >= 4 is 5.96 Å². The molecule has 0 aromatic heterocycles. The lowest BCUT2D eigenvalue weighted by atomic mass is 10.1. The highest BCUT2D eigenvalue weighted by molar-refractivity contribution is 5.78. The average Bonchev–Trinajstić information content (AvgIpc) is 2.97. The summed E-state index contributed by atoms with van der Waals surface area (Å²) in [7, 11) is 0. The highest BCUT2D eigenvalue weighted by atomic mass is 16.5. The van der Waals surface area contributed by atoms with Gasteiger partial charge in [0.1, 0.15) is 0 Å². The molecule has 1 saturated carbocycles. The summed E-state index contributed by atoms with van der Waals surface area (Å²) in [6, 6.07) is 0.378. The Labute approximate surface area is 97.6 Å². The smallest absolute Gasteiger partial charge is 0.188 e. The van der Waals surface area contributed by atoms with Crippen molar-refractivity contribution in [3.63, 3.8) is 0 Å². The summed E-state index contributed by atoms with van der Waals surface area (Å²) >= 11 is 0. The van der Waals surface area contributed by atoms with Crippen LogP contribution in [0, 0.1) is 11.8 Å². The molecular formula is C12H23N3O. The molecule has 1 heterocycles. The van der Waals surface area contributed by atoms with Crippen LogP contribution in [0.3, 0.4) is 0 Å². The predicted octanol–water partition coefficient (Wildman–Crippen LogP) is 1.11. The first kappa shape index (κ1) is 11.7. The Morgan fingerprint density at radius 2 is 2.19 bits per heavy atom. The number of rotatable bonds is 4. The van der Waals surface area contributed by atoms with Crippen LogP contribution in [0.4, 0.5) is 0 Å². The quantitative estimate of drug-likeness (QED) is 0.556. The molecule has 4 nitrogen and oxygen atoms in total. The van der Waals surface area contributed by atoms with E-state index in [-0.39, 0.29) is 0 Å². The number of guanidine groups is 1. The van der Waals surface area contributed by atoms with Crippen LogP contribution in [0.1, 0.15) is 33.1 Å². The standard InChI is InChI=1S/C12H23N3O/c1-8(2)7-14-12(13)15-10-5-6-16-11(10)9-3-4-9/h8-11H,3-7H2,1-2H3,(H3,13,14,15). The van der Waals surface area contributed by atoms with Crippen LogP contribution in [0.25, 0.3) is 0 Å². The van der Waals surface area contributed by atoms with Gasteiger partial charge in [-0.25, -0.2) is 0 Å². The van der Waals surface area contributed by atoms with E-state index in [0.717, 1.165) is 25.5 Å². The maximum atomic E-state index is 5.87. The summed E-state index contributed by atoms with van der Waals surface area (Å²) in [5.74, 6) is 1.90. The average molecular weight is 225 g/mol. The Morgan fingerprint density at radius 3 is 2.81 bits per heavy atom. The third-order valence-electron chi connectivity index (χ3n) is 3.18. The summed E-state index contributed by atoms with van der Waals surface area (Å²) in [4.78, 5) is 4.33. The number of nitrogens with two attached hydrogens (primary N) is 1. The molecule has 0 amide bonds. The molecule has 0 radical (unpaired) electrons. The second-order valence-electron chi connectivity index (χ2n) is 5.33. The molecule has 1 aliphatic heterocycles. The second kappa shape index (κ2) is 5.04. The molecule has 2 unspecified atom stereocenters. The van der Waals surface area contributed by atoms with Crippen molar-refractivity contribution in [2.45, 2.75) is 45.3 Å². The lowest BCUT2D eigenvalue weighted by Crippen LogP contribution is -2.45. The van der Waals surface area contributed by atoms with Crippen LogP contribution >= 0.6 is 0 Å². The fourth-order valence-electron chi connectivity index (χ4n) is 2.17. The SMILES string of the molecule is CC(C)CN=C(N)NC1CCOC1C1CC1. The lowest BCUT2D eigenvalue weighted by Gasteiger charge is -2.20. The van der Waals surface area contributed by atoms with E-state index in [1.807, 2.05) is 0 Å². The summed E-state index contributed by atoms with van der Waals surface area (Å²) in [5, 5.41) is 3.31. The van der Waals surface area contributed by atoms with Gasteiger partial charge in [-0.15, -0.1) is 0 Å². The van der Waals surface area contributed by atoms with Crippen LogP contribution in [0.15, 0.2) is 4.99 Å². The summed E-state index contributed by atoms with van der Waals surface area (Å²) in [6.45, 7) is 5.93. The Hall–Kier alpha value is -0.770. The van der Waals surface area contributed by atoms with Crippen molar-refractivity contribution in [3.05, 3.63) is 0 Å². The van der Waals surface area contributed by atoms with Gasteiger partial charge in [-0.1, -0.05) is 13.8 Å². The molecule has 2 atom stereocenters. The molecule has 1 saturated heterocycles. The molecule has 1 aliphatic carbocycles. The molecule has 0 bridgehead atoms. The maximum absolute atomic E-state index is 5.87. The Kier molecular flexibility index (Phi) is 3.69. The van der Waals surface area contributed by atoms with Crippen molar-refractivity contribution in [3.8, 4) is 0 Å². The highest BCUT2D eigenvalue weighted by Gasteiger charge is 2.40. The summed E-state index contributed by atoms with van der Waals surface area (Å²) in [6.07, 6.45) is 4.05. The van der Waals surface area contributed by atoms with Gasteiger partial charge >= 0.3 is 0 Å². The minimum Gasteiger partial charge on any atom is -0.376 e. The van der Waals surface area contributed by atoms with Gasteiger partial charge in [0.15, 0.2) is 5.96 Å². The molecular weight excluding hydrogens is 202 g/mol. The van der Waals surface area contributed by atoms with Gasteiger partial charge in [0.25, 0.3) is 0 Å². The van der Waals surface area contributed by atoms with E-state index in [4.69, 9.17) is 10.5 Å². The molecule has 16 heavy (non-hydrogen) atoms. The fourth-order valence-corrected chi connectivity index (χ4v) is 2.17. The second-order valence-corrected chi connectivity index (χ2v) is 5.33. The Bertz CT molecular complexity index is 261. The first-order valence-electron chi connectivity index (χ1n) is 6.35. The van der Waals surface area contributed by atoms with Gasteiger partial charge in [-0.3, -0.25) is 4.99 Å². The molecule has 0 spiro atoms. The molecule has 4 heteroatoms. The van der Waals surface area contributed by atoms with Crippen molar-refractivity contribution in [1.29, 1.82) is 0 Å². The van der Waals surface area contributed by atoms with Crippen LogP contribution in [0.5, 0.6) is 0 Å². The van der Waals surface area contributed by atoms with E-state index in [1.165, 1.54) is 12.8 Å². The largest absolute Gasteiger partial charge is 0.376 e. The number of hydrogen-bond donors (Lipinski definition) is 2. The summed E-state index contributed by atoms with van der Waals surface area (Å²) < 4.78 is 5.74. The molecule has 2 rings (SSSR count). The predicted molar refractivity (Wildman–Crippen MR) is 65.3 cm³/mol. The van der Waals surface area contributed by atoms with E-state index in [1.54, 1.807) is 0 Å². The molecule has 0 aromatic carbocycles. The van der Waals surface area contributed by atoms with Gasteiger partial charge in [0.05, 0.1) is 12.1 Å². The van der Waals surface area contributed by atoms with Crippen molar-refractivity contribution < 1.29 is 4.74 Å². The zero-order valence-electron chi connectivity index (χ0n) is 10.3. The van der Waals surface area contributed by atoms with E-state index in [0.29, 0.717) is 24.0 Å². The van der Waals surface area contributed by atoms with Gasteiger partial charge < -0.3 is 15.8 Å².